The highest BCUT2D eigenvalue weighted by Gasteiger charge is 2.49. The van der Waals surface area contributed by atoms with Gasteiger partial charge in [0.15, 0.2) is 5.58 Å². The molecule has 0 saturated heterocycles. The second-order valence-electron chi connectivity index (χ2n) is 21.8. The number of aryl methyl sites for hydroxylation is 1. The van der Waals surface area contributed by atoms with Gasteiger partial charge < -0.3 is 14.2 Å². The zero-order chi connectivity index (χ0) is 53.2. The molecule has 0 aliphatic heterocycles. The molecule has 1 atom stereocenters. The lowest BCUT2D eigenvalue weighted by atomic mass is 9.67. The van der Waals surface area contributed by atoms with Crippen LogP contribution in [0.3, 0.4) is 0 Å². The van der Waals surface area contributed by atoms with E-state index in [1.54, 1.807) is 0 Å². The fourth-order valence-corrected chi connectivity index (χ4v) is 13.5. The van der Waals surface area contributed by atoms with Crippen LogP contribution in [-0.2, 0) is 17.3 Å². The summed E-state index contributed by atoms with van der Waals surface area (Å²) in [5.41, 5.74) is 24.9. The summed E-state index contributed by atoms with van der Waals surface area (Å²) in [6.45, 7) is 9.21. The lowest BCUT2D eigenvalue weighted by Gasteiger charge is -2.36. The quantitative estimate of drug-likeness (QED) is 0.120. The van der Waals surface area contributed by atoms with Gasteiger partial charge in [-0.05, 0) is 149 Å². The summed E-state index contributed by atoms with van der Waals surface area (Å²) >= 11 is 0. The molecule has 79 heavy (non-hydrogen) atoms. The Morgan fingerprint density at radius 1 is 0.481 bits per heavy atom. The van der Waals surface area contributed by atoms with Crippen LogP contribution in [0.25, 0.3) is 61.6 Å². The topological polar surface area (TPSA) is 19.6 Å². The number of fused-ring (bicyclic) bond motifs is 10. The number of benzene rings is 10. The van der Waals surface area contributed by atoms with E-state index in [2.05, 4.69) is 304 Å². The lowest BCUT2D eigenvalue weighted by molar-refractivity contribution is 0.595. The third-order valence-electron chi connectivity index (χ3n) is 17.1. The molecule has 3 heteroatoms. The summed E-state index contributed by atoms with van der Waals surface area (Å²) < 4.78 is 7.38. The third-order valence-corrected chi connectivity index (χ3v) is 17.1. The van der Waals surface area contributed by atoms with Crippen LogP contribution in [0.1, 0.15) is 73.3 Å². The van der Waals surface area contributed by atoms with E-state index >= 15 is 0 Å². The first-order valence-electron chi connectivity index (χ1n) is 27.8. The van der Waals surface area contributed by atoms with E-state index in [1.807, 2.05) is 0 Å². The Labute approximate surface area is 464 Å². The molecule has 0 radical (unpaired) electrons. The molecule has 380 valence electrons. The highest BCUT2D eigenvalue weighted by Crippen LogP contribution is 2.63. The SMILES string of the molecule is C/C=C\C=C(/C)C1(c2ccccc2)c2cc(N(c3ccc4c(c3)C(C)(C)c3ccccc3-4)c3ccccc3-c3ccccc3)ccc2-c2c1cc(N(c1ccccc1)c1ccccc1-c1ccccc1)c1oc3c(c21)CCC=C3. The van der Waals surface area contributed by atoms with Crippen molar-refractivity contribution in [1.82, 2.24) is 0 Å². The molecule has 0 amide bonds. The van der Waals surface area contributed by atoms with Crippen molar-refractivity contribution in [3.05, 3.63) is 306 Å². The number of allylic oxidation sites excluding steroid dienone is 5. The van der Waals surface area contributed by atoms with E-state index in [0.717, 1.165) is 75.0 Å². The highest BCUT2D eigenvalue weighted by atomic mass is 16.3. The van der Waals surface area contributed by atoms with Gasteiger partial charge in [-0.3, -0.25) is 0 Å². The normalized spacial score (nSPS) is 15.6. The van der Waals surface area contributed by atoms with Crippen LogP contribution in [-0.4, -0.2) is 0 Å². The van der Waals surface area contributed by atoms with E-state index in [9.17, 15) is 0 Å². The molecule has 0 N–H and O–H groups in total. The smallest absolute Gasteiger partial charge is 0.159 e. The largest absolute Gasteiger partial charge is 0.454 e. The van der Waals surface area contributed by atoms with Gasteiger partial charge in [0.1, 0.15) is 5.76 Å². The van der Waals surface area contributed by atoms with Gasteiger partial charge >= 0.3 is 0 Å². The first kappa shape index (κ1) is 48.0. The van der Waals surface area contributed by atoms with Gasteiger partial charge in [0.25, 0.3) is 0 Å². The summed E-state index contributed by atoms with van der Waals surface area (Å²) in [4.78, 5) is 4.98. The van der Waals surface area contributed by atoms with Crippen LogP contribution in [0.5, 0.6) is 0 Å². The van der Waals surface area contributed by atoms with Crippen LogP contribution in [0, 0.1) is 0 Å². The minimum Gasteiger partial charge on any atom is -0.454 e. The van der Waals surface area contributed by atoms with Crippen molar-refractivity contribution in [3.63, 3.8) is 0 Å². The maximum Gasteiger partial charge on any atom is 0.159 e. The molecule has 14 rings (SSSR count). The molecule has 0 spiro atoms. The minimum absolute atomic E-state index is 0.194. The molecular formula is C76H60N2O. The van der Waals surface area contributed by atoms with Crippen molar-refractivity contribution in [2.24, 2.45) is 0 Å². The number of hydrogen-bond donors (Lipinski definition) is 0. The van der Waals surface area contributed by atoms with Crippen LogP contribution in [0.2, 0.25) is 0 Å². The Balaban J connectivity index is 1.09. The van der Waals surface area contributed by atoms with Crippen LogP contribution in [0.15, 0.2) is 271 Å². The van der Waals surface area contributed by atoms with Gasteiger partial charge in [-0.15, -0.1) is 0 Å². The summed E-state index contributed by atoms with van der Waals surface area (Å²) in [6, 6.07) is 87.4. The van der Waals surface area contributed by atoms with Gasteiger partial charge in [0.2, 0.25) is 0 Å². The van der Waals surface area contributed by atoms with Gasteiger partial charge in [0, 0.05) is 44.6 Å². The number of anilines is 6. The maximum absolute atomic E-state index is 7.38. The summed E-state index contributed by atoms with van der Waals surface area (Å²) in [6.07, 6.45) is 13.0. The second-order valence-corrected chi connectivity index (χ2v) is 21.8. The van der Waals surface area contributed by atoms with Crippen molar-refractivity contribution in [2.75, 3.05) is 9.80 Å². The predicted octanol–water partition coefficient (Wildman–Crippen LogP) is 20.8. The Hall–Kier alpha value is -9.44. The average molecular weight is 1020 g/mol. The van der Waals surface area contributed by atoms with Crippen LogP contribution < -0.4 is 9.80 Å². The minimum atomic E-state index is -0.757. The molecule has 3 aliphatic carbocycles. The number of furan rings is 1. The van der Waals surface area contributed by atoms with E-state index in [4.69, 9.17) is 4.42 Å². The molecule has 1 aromatic heterocycles. The Morgan fingerprint density at radius 2 is 1.03 bits per heavy atom. The number of rotatable bonds is 11. The fourth-order valence-electron chi connectivity index (χ4n) is 13.5. The monoisotopic (exact) mass is 1020 g/mol. The zero-order valence-electron chi connectivity index (χ0n) is 45.1. The molecule has 11 aromatic rings. The molecule has 3 nitrogen and oxygen atoms in total. The summed E-state index contributed by atoms with van der Waals surface area (Å²) in [5.74, 6) is 0.933. The van der Waals surface area contributed by atoms with E-state index < -0.39 is 5.41 Å². The Kier molecular flexibility index (Phi) is 11.7. The highest BCUT2D eigenvalue weighted by molar-refractivity contribution is 6.12. The first-order chi connectivity index (χ1) is 38.9. The van der Waals surface area contributed by atoms with E-state index in [-0.39, 0.29) is 5.41 Å². The molecule has 0 bridgehead atoms. The number of nitrogens with zero attached hydrogens (tertiary/aromatic N) is 2. The molecule has 1 unspecified atom stereocenters. The molecule has 0 fully saturated rings. The molecule has 10 aromatic carbocycles. The average Bonchev–Trinajstić information content (AvgIpc) is 3.24. The lowest BCUT2D eigenvalue weighted by Crippen LogP contribution is -2.29. The summed E-state index contributed by atoms with van der Waals surface area (Å²) in [7, 11) is 0. The van der Waals surface area contributed by atoms with Gasteiger partial charge in [0.05, 0.1) is 22.5 Å². The van der Waals surface area contributed by atoms with Crippen molar-refractivity contribution in [1.29, 1.82) is 0 Å². The standard InChI is InChI=1S/C76H60N2O/c1-5-6-27-51(2)76(54-32-15-9-16-33-54)66-49-57(77(68-41-24-20-36-58(68)52-28-11-7-12-29-52)56-44-46-61-60-38-19-23-40-64(60)75(3,4)65(61)48-56)45-47-62(66)72-67(76)50-70(74-73(72)63-39-22-26-43-71(63)79-74)78(55-34-17-10-18-35-55)69-42-25-21-37-59(69)53-30-13-8-14-31-53/h5-21,23-38,40-50H,22,39H2,1-4H3/b6-5-,51-27+. The maximum atomic E-state index is 7.38. The number of para-hydroxylation sites is 3. The van der Waals surface area contributed by atoms with Crippen molar-refractivity contribution < 1.29 is 4.42 Å². The van der Waals surface area contributed by atoms with Crippen molar-refractivity contribution >= 4 is 51.2 Å². The number of hydrogen-bond acceptors (Lipinski definition) is 3. The van der Waals surface area contributed by atoms with Crippen molar-refractivity contribution in [3.8, 4) is 44.5 Å². The van der Waals surface area contributed by atoms with Crippen molar-refractivity contribution in [2.45, 2.75) is 51.4 Å². The second kappa shape index (κ2) is 19.2. The third kappa shape index (κ3) is 7.55. The summed E-state index contributed by atoms with van der Waals surface area (Å²) in [5, 5.41) is 1.18. The zero-order valence-corrected chi connectivity index (χ0v) is 45.1. The van der Waals surface area contributed by atoms with Crippen LogP contribution >= 0.6 is 0 Å². The van der Waals surface area contributed by atoms with Gasteiger partial charge in [-0.1, -0.05) is 226 Å². The molecule has 3 aliphatic rings. The van der Waals surface area contributed by atoms with Crippen LogP contribution in [0.4, 0.5) is 34.1 Å². The molecule has 0 saturated carbocycles. The molecule has 1 heterocycles. The predicted molar refractivity (Wildman–Crippen MR) is 332 cm³/mol. The first-order valence-corrected chi connectivity index (χ1v) is 27.8. The van der Waals surface area contributed by atoms with E-state index in [1.165, 1.54) is 72.2 Å². The van der Waals surface area contributed by atoms with E-state index in [0.29, 0.717) is 0 Å². The van der Waals surface area contributed by atoms with Gasteiger partial charge in [-0.2, -0.15) is 0 Å². The molecular weight excluding hydrogens is 957 g/mol. The Bertz CT molecular complexity index is 4240. The van der Waals surface area contributed by atoms with Gasteiger partial charge in [-0.25, -0.2) is 0 Å². The fraction of sp³-hybridized carbons (Fsp3) is 0.105. The Morgan fingerprint density at radius 3 is 1.68 bits per heavy atom.